The van der Waals surface area contributed by atoms with Crippen molar-refractivity contribution in [1.29, 1.82) is 0 Å². The summed E-state index contributed by atoms with van der Waals surface area (Å²) in [5.41, 5.74) is 5.15. The molecule has 28 heavy (non-hydrogen) atoms. The molecule has 2 aromatic carbocycles. The molecule has 2 aromatic rings. The van der Waals surface area contributed by atoms with Crippen LogP contribution in [0.3, 0.4) is 0 Å². The highest BCUT2D eigenvalue weighted by molar-refractivity contribution is 5.91. The molecule has 0 bridgehead atoms. The fraction of sp³-hybridized carbons (Fsp3) is 0.176. The number of fused-ring (bicyclic) bond motifs is 1. The van der Waals surface area contributed by atoms with Gasteiger partial charge in [-0.2, -0.15) is 0 Å². The van der Waals surface area contributed by atoms with Gasteiger partial charge in [-0.15, -0.1) is 0 Å². The van der Waals surface area contributed by atoms with Crippen LogP contribution in [0.1, 0.15) is 5.56 Å². The first-order chi connectivity index (χ1) is 13.4. The average Bonchev–Trinajstić information content (AvgIpc) is 3.13. The van der Waals surface area contributed by atoms with Crippen LogP contribution in [-0.2, 0) is 4.79 Å². The van der Waals surface area contributed by atoms with E-state index in [1.54, 1.807) is 31.2 Å². The first kappa shape index (κ1) is 18.8. The Kier molecular flexibility index (Phi) is 5.44. The first-order valence-electron chi connectivity index (χ1n) is 8.06. The molecule has 1 aliphatic heterocycles. The van der Waals surface area contributed by atoms with E-state index in [4.69, 9.17) is 14.2 Å². The van der Waals surface area contributed by atoms with Crippen molar-refractivity contribution < 1.29 is 28.7 Å². The molecule has 0 fully saturated rings. The Morgan fingerprint density at radius 3 is 2.71 bits per heavy atom. The minimum Gasteiger partial charge on any atom is -0.477 e. The fourth-order valence-electron chi connectivity index (χ4n) is 2.33. The van der Waals surface area contributed by atoms with Crippen molar-refractivity contribution in [2.45, 2.75) is 6.92 Å². The van der Waals surface area contributed by atoms with Crippen LogP contribution in [0.4, 0.5) is 16.2 Å². The predicted molar refractivity (Wildman–Crippen MR) is 96.2 cm³/mol. The standard InChI is InChI=1S/C17H16N4O7/c1-10-2-4-13(12(6-10)21(24)25)26-8-16(22)19-20-17(23)18-11-3-5-14-15(7-11)28-9-27-14/h2-7H,8-9H2,1H3,(H,19,22)(H2,18,20,23). The highest BCUT2D eigenvalue weighted by Gasteiger charge is 2.17. The molecule has 11 nitrogen and oxygen atoms in total. The van der Waals surface area contributed by atoms with E-state index in [1.807, 2.05) is 0 Å². The highest BCUT2D eigenvalue weighted by atomic mass is 16.7. The normalized spacial score (nSPS) is 11.5. The van der Waals surface area contributed by atoms with Crippen molar-refractivity contribution in [3.63, 3.8) is 0 Å². The van der Waals surface area contributed by atoms with Gasteiger partial charge in [0.05, 0.1) is 4.92 Å². The zero-order valence-corrected chi connectivity index (χ0v) is 14.7. The molecule has 1 heterocycles. The van der Waals surface area contributed by atoms with Gasteiger partial charge in [-0.25, -0.2) is 10.2 Å². The van der Waals surface area contributed by atoms with Crippen molar-refractivity contribution in [1.82, 2.24) is 10.9 Å². The van der Waals surface area contributed by atoms with E-state index in [9.17, 15) is 19.7 Å². The molecule has 0 saturated heterocycles. The molecular formula is C17H16N4O7. The zero-order valence-electron chi connectivity index (χ0n) is 14.7. The third-order valence-electron chi connectivity index (χ3n) is 3.62. The van der Waals surface area contributed by atoms with E-state index in [2.05, 4.69) is 16.2 Å². The largest absolute Gasteiger partial charge is 0.477 e. The zero-order chi connectivity index (χ0) is 20.1. The maximum absolute atomic E-state index is 11.8. The minimum atomic E-state index is -0.700. The molecule has 0 atom stereocenters. The molecule has 0 unspecified atom stereocenters. The second-order valence-electron chi connectivity index (χ2n) is 5.71. The van der Waals surface area contributed by atoms with Gasteiger partial charge in [-0.1, -0.05) is 6.07 Å². The molecule has 1 aliphatic rings. The Balaban J connectivity index is 1.47. The number of nitro groups is 1. The van der Waals surface area contributed by atoms with Crippen molar-refractivity contribution in [2.75, 3.05) is 18.7 Å². The highest BCUT2D eigenvalue weighted by Crippen LogP contribution is 2.34. The van der Waals surface area contributed by atoms with E-state index >= 15 is 0 Å². The molecular weight excluding hydrogens is 372 g/mol. The van der Waals surface area contributed by atoms with Gasteiger partial charge in [0.25, 0.3) is 5.91 Å². The first-order valence-corrected chi connectivity index (χ1v) is 8.06. The number of carbonyl (C=O) groups is 2. The lowest BCUT2D eigenvalue weighted by molar-refractivity contribution is -0.385. The number of ether oxygens (including phenoxy) is 3. The number of hydrazine groups is 1. The van der Waals surface area contributed by atoms with Crippen LogP contribution in [-0.4, -0.2) is 30.3 Å². The number of benzene rings is 2. The molecule has 0 aromatic heterocycles. The van der Waals surface area contributed by atoms with Crippen LogP contribution >= 0.6 is 0 Å². The van der Waals surface area contributed by atoms with Crippen LogP contribution in [0, 0.1) is 17.0 Å². The number of hydrogen-bond donors (Lipinski definition) is 3. The van der Waals surface area contributed by atoms with E-state index in [-0.39, 0.29) is 18.2 Å². The van der Waals surface area contributed by atoms with Gasteiger partial charge in [-0.05, 0) is 30.7 Å². The summed E-state index contributed by atoms with van der Waals surface area (Å²) in [7, 11) is 0. The minimum absolute atomic E-state index is 0.0458. The molecule has 0 saturated carbocycles. The number of nitro benzene ring substituents is 1. The van der Waals surface area contributed by atoms with Crippen LogP contribution in [0.25, 0.3) is 0 Å². The summed E-state index contributed by atoms with van der Waals surface area (Å²) in [6, 6.07) is 8.48. The van der Waals surface area contributed by atoms with Crippen LogP contribution in [0.15, 0.2) is 36.4 Å². The van der Waals surface area contributed by atoms with Gasteiger partial charge in [0.1, 0.15) is 0 Å². The van der Waals surface area contributed by atoms with Gasteiger partial charge >= 0.3 is 11.7 Å². The number of amides is 3. The van der Waals surface area contributed by atoms with E-state index in [0.717, 1.165) is 0 Å². The number of carbonyl (C=O) groups excluding carboxylic acids is 2. The molecule has 0 aliphatic carbocycles. The molecule has 3 rings (SSSR count). The van der Waals surface area contributed by atoms with Crippen molar-refractivity contribution in [3.8, 4) is 17.2 Å². The number of anilines is 1. The molecule has 0 spiro atoms. The summed E-state index contributed by atoms with van der Waals surface area (Å²) in [5, 5.41) is 13.5. The summed E-state index contributed by atoms with van der Waals surface area (Å²) in [6.45, 7) is 1.29. The number of nitrogens with zero attached hydrogens (tertiary/aromatic N) is 1. The monoisotopic (exact) mass is 388 g/mol. The van der Waals surface area contributed by atoms with E-state index < -0.39 is 23.5 Å². The second kappa shape index (κ2) is 8.12. The smallest absolute Gasteiger partial charge is 0.337 e. The summed E-state index contributed by atoms with van der Waals surface area (Å²) in [4.78, 5) is 34.0. The van der Waals surface area contributed by atoms with Gasteiger partial charge in [0.15, 0.2) is 23.9 Å². The van der Waals surface area contributed by atoms with Gasteiger partial charge in [0.2, 0.25) is 6.79 Å². The second-order valence-corrected chi connectivity index (χ2v) is 5.71. The van der Waals surface area contributed by atoms with Gasteiger partial charge in [-0.3, -0.25) is 20.3 Å². The summed E-state index contributed by atoms with van der Waals surface area (Å²) in [6.07, 6.45) is 0. The molecule has 11 heteroatoms. The average molecular weight is 388 g/mol. The van der Waals surface area contributed by atoms with E-state index in [1.165, 1.54) is 12.1 Å². The van der Waals surface area contributed by atoms with Gasteiger partial charge < -0.3 is 19.5 Å². The predicted octanol–water partition coefficient (Wildman–Crippen LogP) is 1.86. The Morgan fingerprint density at radius 1 is 1.14 bits per heavy atom. The number of hydrogen-bond acceptors (Lipinski definition) is 7. The number of urea groups is 1. The number of nitrogens with one attached hydrogen (secondary N) is 3. The van der Waals surface area contributed by atoms with E-state index in [0.29, 0.717) is 22.7 Å². The molecule has 3 amide bonds. The van der Waals surface area contributed by atoms with Gasteiger partial charge in [0, 0.05) is 17.8 Å². The number of rotatable bonds is 5. The Labute approximate surface area is 158 Å². The summed E-state index contributed by atoms with van der Waals surface area (Å²) < 4.78 is 15.5. The molecule has 146 valence electrons. The topological polar surface area (TPSA) is 141 Å². The number of aryl methyl sites for hydroxylation is 1. The van der Waals surface area contributed by atoms with Crippen molar-refractivity contribution in [3.05, 3.63) is 52.1 Å². The fourth-order valence-corrected chi connectivity index (χ4v) is 2.33. The summed E-state index contributed by atoms with van der Waals surface area (Å²) >= 11 is 0. The lowest BCUT2D eigenvalue weighted by atomic mass is 10.2. The van der Waals surface area contributed by atoms with Crippen molar-refractivity contribution in [2.24, 2.45) is 0 Å². The van der Waals surface area contributed by atoms with Crippen LogP contribution < -0.4 is 30.4 Å². The molecule has 0 radical (unpaired) electrons. The third kappa shape index (κ3) is 4.58. The lowest BCUT2D eigenvalue weighted by Crippen LogP contribution is -2.45. The lowest BCUT2D eigenvalue weighted by Gasteiger charge is -2.10. The Bertz CT molecular complexity index is 932. The Hall–Kier alpha value is -4.02. The Morgan fingerprint density at radius 2 is 1.93 bits per heavy atom. The maximum Gasteiger partial charge on any atom is 0.337 e. The maximum atomic E-state index is 11.8. The third-order valence-corrected chi connectivity index (χ3v) is 3.62. The quantitative estimate of drug-likeness (QED) is 0.524. The van der Waals surface area contributed by atoms with Crippen molar-refractivity contribution >= 4 is 23.3 Å². The van der Waals surface area contributed by atoms with Crippen LogP contribution in [0.5, 0.6) is 17.2 Å². The SMILES string of the molecule is Cc1ccc(OCC(=O)NNC(=O)Nc2ccc3c(c2)OCO3)c([N+](=O)[O-])c1. The molecule has 3 N–H and O–H groups in total. The summed E-state index contributed by atoms with van der Waals surface area (Å²) in [5.74, 6) is 0.322. The van der Waals surface area contributed by atoms with Crippen LogP contribution in [0.2, 0.25) is 0 Å².